The van der Waals surface area contributed by atoms with E-state index in [2.05, 4.69) is 67.1 Å². The first-order chi connectivity index (χ1) is 15.2. The van der Waals surface area contributed by atoms with Crippen molar-refractivity contribution < 1.29 is 9.59 Å². The molecular formula is C25H28N4O2S. The Hall–Kier alpha value is -3.19. The van der Waals surface area contributed by atoms with Gasteiger partial charge < -0.3 is 5.32 Å². The van der Waals surface area contributed by atoms with Crippen LogP contribution in [0.4, 0.5) is 5.69 Å². The molecule has 3 aromatic rings. The number of benzene rings is 2. The summed E-state index contributed by atoms with van der Waals surface area (Å²) in [6.45, 7) is 12.4. The van der Waals surface area contributed by atoms with Gasteiger partial charge in [-0.15, -0.1) is 16.8 Å². The van der Waals surface area contributed by atoms with Crippen molar-refractivity contribution in [3.63, 3.8) is 0 Å². The molecular weight excluding hydrogens is 420 g/mol. The van der Waals surface area contributed by atoms with Crippen molar-refractivity contribution in [3.8, 4) is 11.4 Å². The number of carbonyl (C=O) groups is 2. The Morgan fingerprint density at radius 1 is 1.06 bits per heavy atom. The van der Waals surface area contributed by atoms with Crippen molar-refractivity contribution in [2.45, 2.75) is 44.8 Å². The summed E-state index contributed by atoms with van der Waals surface area (Å²) in [6, 6.07) is 15.2. The molecule has 0 unspecified atom stereocenters. The van der Waals surface area contributed by atoms with Gasteiger partial charge in [-0.3, -0.25) is 14.2 Å². The van der Waals surface area contributed by atoms with E-state index in [-0.39, 0.29) is 22.9 Å². The zero-order valence-electron chi connectivity index (χ0n) is 18.9. The average Bonchev–Trinajstić information content (AvgIpc) is 3.15. The second-order valence-electron chi connectivity index (χ2n) is 8.50. The van der Waals surface area contributed by atoms with Gasteiger partial charge in [0.25, 0.3) is 0 Å². The molecule has 1 heterocycles. The summed E-state index contributed by atoms with van der Waals surface area (Å²) in [5.74, 6) is 0.763. The first kappa shape index (κ1) is 23.5. The van der Waals surface area contributed by atoms with E-state index >= 15 is 0 Å². The minimum absolute atomic E-state index is 0.0103. The number of ketones is 1. The Bertz CT molecular complexity index is 1110. The van der Waals surface area contributed by atoms with E-state index in [0.717, 1.165) is 11.4 Å². The number of hydrogen-bond donors (Lipinski definition) is 1. The van der Waals surface area contributed by atoms with Gasteiger partial charge in [0, 0.05) is 23.4 Å². The molecule has 0 fully saturated rings. The van der Waals surface area contributed by atoms with Gasteiger partial charge in [0.1, 0.15) is 0 Å². The number of anilines is 1. The molecule has 0 spiro atoms. The fourth-order valence-corrected chi connectivity index (χ4v) is 3.89. The largest absolute Gasteiger partial charge is 0.325 e. The van der Waals surface area contributed by atoms with Gasteiger partial charge in [-0.25, -0.2) is 0 Å². The summed E-state index contributed by atoms with van der Waals surface area (Å²) < 4.78 is 1.96. The number of thioether (sulfide) groups is 1. The molecule has 7 heteroatoms. The highest BCUT2D eigenvalue weighted by Crippen LogP contribution is 2.28. The molecule has 0 saturated heterocycles. The van der Waals surface area contributed by atoms with E-state index in [9.17, 15) is 9.59 Å². The molecule has 166 valence electrons. The normalized spacial score (nSPS) is 11.2. The molecule has 0 bridgehead atoms. The Kier molecular flexibility index (Phi) is 7.30. The summed E-state index contributed by atoms with van der Waals surface area (Å²) in [7, 11) is 0. The number of rotatable bonds is 8. The van der Waals surface area contributed by atoms with Gasteiger partial charge in [-0.1, -0.05) is 62.9 Å². The maximum atomic E-state index is 12.4. The predicted octanol–water partition coefficient (Wildman–Crippen LogP) is 5.36. The van der Waals surface area contributed by atoms with Gasteiger partial charge in [0.2, 0.25) is 5.91 Å². The van der Waals surface area contributed by atoms with E-state index in [1.165, 1.54) is 24.2 Å². The minimum Gasteiger partial charge on any atom is -0.325 e. The summed E-state index contributed by atoms with van der Waals surface area (Å²) >= 11 is 1.32. The zero-order chi connectivity index (χ0) is 23.3. The van der Waals surface area contributed by atoms with E-state index in [0.29, 0.717) is 23.0 Å². The molecule has 2 aromatic carbocycles. The molecule has 0 radical (unpaired) electrons. The topological polar surface area (TPSA) is 76.9 Å². The minimum atomic E-state index is -0.158. The van der Waals surface area contributed by atoms with Gasteiger partial charge in [-0.05, 0) is 42.2 Å². The monoisotopic (exact) mass is 448 g/mol. The number of amides is 1. The molecule has 6 nitrogen and oxygen atoms in total. The van der Waals surface area contributed by atoms with Crippen molar-refractivity contribution >= 4 is 29.1 Å². The maximum absolute atomic E-state index is 12.4. The average molecular weight is 449 g/mol. The third-order valence-electron chi connectivity index (χ3n) is 4.95. The zero-order valence-corrected chi connectivity index (χ0v) is 19.7. The Morgan fingerprint density at radius 2 is 1.72 bits per heavy atom. The van der Waals surface area contributed by atoms with Crippen molar-refractivity contribution in [2.24, 2.45) is 0 Å². The van der Waals surface area contributed by atoms with E-state index < -0.39 is 0 Å². The number of hydrogen-bond acceptors (Lipinski definition) is 5. The highest BCUT2D eigenvalue weighted by atomic mass is 32.2. The van der Waals surface area contributed by atoms with Crippen molar-refractivity contribution in [2.75, 3.05) is 11.1 Å². The van der Waals surface area contributed by atoms with Crippen LogP contribution in [0.3, 0.4) is 0 Å². The number of nitrogens with one attached hydrogen (secondary N) is 1. The SMILES string of the molecule is C=CCn1c(SCC(=O)Nc2ccc(C(C)=O)cc2)nnc1-c1ccc(C(C)(C)C)cc1. The third-order valence-corrected chi connectivity index (χ3v) is 5.91. The molecule has 0 atom stereocenters. The van der Waals surface area contributed by atoms with E-state index in [4.69, 9.17) is 0 Å². The lowest BCUT2D eigenvalue weighted by molar-refractivity contribution is -0.113. The number of allylic oxidation sites excluding steroid dienone is 1. The fourth-order valence-electron chi connectivity index (χ4n) is 3.14. The van der Waals surface area contributed by atoms with Gasteiger partial charge in [0.05, 0.1) is 5.75 Å². The van der Waals surface area contributed by atoms with Crippen LogP contribution in [0.25, 0.3) is 11.4 Å². The van der Waals surface area contributed by atoms with E-state index in [1.807, 2.05) is 4.57 Å². The number of Topliss-reactive ketones (excluding diaryl/α,β-unsaturated/α-hetero) is 1. The highest BCUT2D eigenvalue weighted by Gasteiger charge is 2.17. The molecule has 0 saturated carbocycles. The van der Waals surface area contributed by atoms with Crippen LogP contribution in [-0.4, -0.2) is 32.2 Å². The lowest BCUT2D eigenvalue weighted by atomic mass is 9.87. The second-order valence-corrected chi connectivity index (χ2v) is 9.45. The first-order valence-electron chi connectivity index (χ1n) is 10.4. The standard InChI is InChI=1S/C25H28N4O2S/c1-6-15-29-23(19-7-11-20(12-8-19)25(3,4)5)27-28-24(29)32-16-22(31)26-21-13-9-18(10-14-21)17(2)30/h6-14H,1,15-16H2,2-5H3,(H,26,31). The fraction of sp³-hybridized carbons (Fsp3) is 0.280. The molecule has 0 aliphatic carbocycles. The molecule has 1 aromatic heterocycles. The Morgan fingerprint density at radius 3 is 2.28 bits per heavy atom. The highest BCUT2D eigenvalue weighted by molar-refractivity contribution is 7.99. The van der Waals surface area contributed by atoms with E-state index in [1.54, 1.807) is 30.3 Å². The molecule has 1 amide bonds. The van der Waals surface area contributed by atoms with Crippen LogP contribution in [0, 0.1) is 0 Å². The van der Waals surface area contributed by atoms with Crippen molar-refractivity contribution in [1.29, 1.82) is 0 Å². The maximum Gasteiger partial charge on any atom is 0.234 e. The summed E-state index contributed by atoms with van der Waals surface area (Å²) in [4.78, 5) is 23.8. The van der Waals surface area contributed by atoms with Crippen molar-refractivity contribution in [1.82, 2.24) is 14.8 Å². The van der Waals surface area contributed by atoms with Crippen LogP contribution in [0.2, 0.25) is 0 Å². The van der Waals surface area contributed by atoms with Crippen LogP contribution in [0.15, 0.2) is 66.3 Å². The lowest BCUT2D eigenvalue weighted by Crippen LogP contribution is -2.14. The van der Waals surface area contributed by atoms with Crippen LogP contribution in [-0.2, 0) is 16.8 Å². The van der Waals surface area contributed by atoms with Crippen LogP contribution >= 0.6 is 11.8 Å². The molecule has 0 aliphatic rings. The predicted molar refractivity (Wildman–Crippen MR) is 130 cm³/mol. The van der Waals surface area contributed by atoms with Crippen molar-refractivity contribution in [3.05, 3.63) is 72.3 Å². The number of carbonyl (C=O) groups excluding carboxylic acids is 2. The lowest BCUT2D eigenvalue weighted by Gasteiger charge is -2.19. The molecule has 32 heavy (non-hydrogen) atoms. The summed E-state index contributed by atoms with van der Waals surface area (Å²) in [6.07, 6.45) is 1.79. The Labute approximate surface area is 193 Å². The summed E-state index contributed by atoms with van der Waals surface area (Å²) in [5.41, 5.74) is 3.55. The number of aromatic nitrogens is 3. The van der Waals surface area contributed by atoms with Crippen LogP contribution in [0.1, 0.15) is 43.6 Å². The third kappa shape index (κ3) is 5.73. The molecule has 3 rings (SSSR count). The number of nitrogens with zero attached hydrogens (tertiary/aromatic N) is 3. The van der Waals surface area contributed by atoms with Crippen LogP contribution in [0.5, 0.6) is 0 Å². The smallest absolute Gasteiger partial charge is 0.234 e. The van der Waals surface area contributed by atoms with Gasteiger partial charge in [0.15, 0.2) is 16.8 Å². The molecule has 0 aliphatic heterocycles. The second kappa shape index (κ2) is 9.96. The quantitative estimate of drug-likeness (QED) is 0.285. The summed E-state index contributed by atoms with van der Waals surface area (Å²) in [5, 5.41) is 12.2. The molecule has 1 N–H and O–H groups in total. The van der Waals surface area contributed by atoms with Crippen LogP contribution < -0.4 is 5.32 Å². The van der Waals surface area contributed by atoms with Gasteiger partial charge in [-0.2, -0.15) is 0 Å². The first-order valence-corrected chi connectivity index (χ1v) is 11.4. The Balaban J connectivity index is 1.70. The van der Waals surface area contributed by atoms with Gasteiger partial charge >= 0.3 is 0 Å².